The Morgan fingerprint density at radius 1 is 1.22 bits per heavy atom. The second kappa shape index (κ2) is 6.96. The third kappa shape index (κ3) is 3.48. The molecule has 1 fully saturated rings. The van der Waals surface area contributed by atoms with E-state index in [0.717, 1.165) is 28.2 Å². The standard InChI is InChI=1S/C21H22N4O2/c1-13-4-3-9-25-12-19(24-20(13)25)15-5-7-17(8-6-15)23-21(27)18-10-16(11-22-18)14(2)26/h3-9,12,16,18,22H,10-11H2,1-2H3,(H,23,27). The second-order valence-electron chi connectivity index (χ2n) is 7.12. The van der Waals surface area contributed by atoms with Crippen LogP contribution in [0.5, 0.6) is 0 Å². The first kappa shape index (κ1) is 17.4. The number of pyridine rings is 1. The van der Waals surface area contributed by atoms with E-state index in [9.17, 15) is 9.59 Å². The molecule has 27 heavy (non-hydrogen) atoms. The van der Waals surface area contributed by atoms with Gasteiger partial charge in [-0.2, -0.15) is 0 Å². The smallest absolute Gasteiger partial charge is 0.241 e. The number of amides is 1. The van der Waals surface area contributed by atoms with E-state index < -0.39 is 0 Å². The van der Waals surface area contributed by atoms with Crippen molar-refractivity contribution in [2.75, 3.05) is 11.9 Å². The van der Waals surface area contributed by atoms with Gasteiger partial charge in [-0.1, -0.05) is 18.2 Å². The third-order valence-electron chi connectivity index (χ3n) is 5.15. The fraction of sp³-hybridized carbons (Fsp3) is 0.286. The number of Topliss-reactive ketones (excluding diaryl/α,β-unsaturated/α-hetero) is 1. The number of nitrogens with zero attached hydrogens (tertiary/aromatic N) is 2. The molecule has 0 aliphatic carbocycles. The van der Waals surface area contributed by atoms with Crippen LogP contribution in [0.4, 0.5) is 5.69 Å². The molecule has 2 aromatic heterocycles. The van der Waals surface area contributed by atoms with E-state index in [1.807, 2.05) is 60.1 Å². The Morgan fingerprint density at radius 3 is 2.67 bits per heavy atom. The molecule has 0 bridgehead atoms. The third-order valence-corrected chi connectivity index (χ3v) is 5.15. The summed E-state index contributed by atoms with van der Waals surface area (Å²) in [4.78, 5) is 28.5. The van der Waals surface area contributed by atoms with E-state index in [2.05, 4.69) is 10.6 Å². The van der Waals surface area contributed by atoms with Crippen LogP contribution in [-0.2, 0) is 9.59 Å². The number of ketones is 1. The average molecular weight is 362 g/mol. The van der Waals surface area contributed by atoms with Crippen LogP contribution >= 0.6 is 0 Å². The largest absolute Gasteiger partial charge is 0.325 e. The van der Waals surface area contributed by atoms with Crippen molar-refractivity contribution in [3.05, 3.63) is 54.4 Å². The lowest BCUT2D eigenvalue weighted by molar-refractivity contribution is -0.120. The SMILES string of the molecule is CC(=O)C1CNC(C(=O)Nc2ccc(-c3cn4cccc(C)c4n3)cc2)C1. The predicted octanol–water partition coefficient (Wildman–Crippen LogP) is 2.82. The molecule has 1 saturated heterocycles. The summed E-state index contributed by atoms with van der Waals surface area (Å²) in [5.41, 5.74) is 4.69. The van der Waals surface area contributed by atoms with Gasteiger partial charge in [0.25, 0.3) is 0 Å². The van der Waals surface area contributed by atoms with E-state index in [0.29, 0.717) is 13.0 Å². The highest BCUT2D eigenvalue weighted by molar-refractivity contribution is 5.96. The Kier molecular flexibility index (Phi) is 4.49. The first-order valence-corrected chi connectivity index (χ1v) is 9.11. The summed E-state index contributed by atoms with van der Waals surface area (Å²) >= 11 is 0. The number of nitrogens with one attached hydrogen (secondary N) is 2. The molecule has 0 saturated carbocycles. The number of carbonyl (C=O) groups excluding carboxylic acids is 2. The van der Waals surface area contributed by atoms with Crippen LogP contribution in [-0.4, -0.2) is 33.7 Å². The average Bonchev–Trinajstić information content (AvgIpc) is 3.30. The van der Waals surface area contributed by atoms with Crippen LogP contribution in [0.25, 0.3) is 16.9 Å². The molecule has 4 rings (SSSR count). The summed E-state index contributed by atoms with van der Waals surface area (Å²) in [5, 5.41) is 6.04. The Labute approximate surface area is 157 Å². The monoisotopic (exact) mass is 362 g/mol. The predicted molar refractivity (Wildman–Crippen MR) is 105 cm³/mol. The van der Waals surface area contributed by atoms with E-state index >= 15 is 0 Å². The Hall–Kier alpha value is -2.99. The zero-order valence-electron chi connectivity index (χ0n) is 15.4. The van der Waals surface area contributed by atoms with Crippen molar-refractivity contribution < 1.29 is 9.59 Å². The first-order valence-electron chi connectivity index (χ1n) is 9.11. The van der Waals surface area contributed by atoms with Gasteiger partial charge in [0.1, 0.15) is 11.4 Å². The molecule has 1 aliphatic rings. The molecule has 1 amide bonds. The number of imidazole rings is 1. The normalized spacial score (nSPS) is 19.3. The van der Waals surface area contributed by atoms with Crippen LogP contribution in [0.3, 0.4) is 0 Å². The number of carbonyl (C=O) groups is 2. The van der Waals surface area contributed by atoms with Crippen molar-refractivity contribution in [3.63, 3.8) is 0 Å². The quantitative estimate of drug-likeness (QED) is 0.748. The second-order valence-corrected chi connectivity index (χ2v) is 7.12. The van der Waals surface area contributed by atoms with Crippen molar-refractivity contribution in [2.45, 2.75) is 26.3 Å². The van der Waals surface area contributed by atoms with Gasteiger partial charge in [-0.25, -0.2) is 4.98 Å². The Balaban J connectivity index is 1.46. The zero-order chi connectivity index (χ0) is 19.0. The van der Waals surface area contributed by atoms with E-state index in [1.54, 1.807) is 6.92 Å². The summed E-state index contributed by atoms with van der Waals surface area (Å²) in [6.45, 7) is 4.18. The van der Waals surface area contributed by atoms with Crippen LogP contribution in [0.1, 0.15) is 18.9 Å². The van der Waals surface area contributed by atoms with E-state index in [-0.39, 0.29) is 23.7 Å². The molecular formula is C21H22N4O2. The van der Waals surface area contributed by atoms with Crippen LogP contribution in [0.15, 0.2) is 48.8 Å². The maximum Gasteiger partial charge on any atom is 0.241 e. The van der Waals surface area contributed by atoms with Gasteiger partial charge < -0.3 is 15.0 Å². The van der Waals surface area contributed by atoms with Crippen molar-refractivity contribution in [1.29, 1.82) is 0 Å². The van der Waals surface area contributed by atoms with Gasteiger partial charge in [0.2, 0.25) is 5.91 Å². The fourth-order valence-corrected chi connectivity index (χ4v) is 3.49. The topological polar surface area (TPSA) is 75.5 Å². The van der Waals surface area contributed by atoms with Gasteiger partial charge in [0.05, 0.1) is 11.7 Å². The number of fused-ring (bicyclic) bond motifs is 1. The number of benzene rings is 1. The highest BCUT2D eigenvalue weighted by Crippen LogP contribution is 2.23. The van der Waals surface area contributed by atoms with Gasteiger partial charge in [0, 0.05) is 36.1 Å². The molecule has 0 radical (unpaired) electrons. The number of rotatable bonds is 4. The summed E-state index contributed by atoms with van der Waals surface area (Å²) in [6, 6.07) is 11.4. The van der Waals surface area contributed by atoms with E-state index in [1.165, 1.54) is 0 Å². The van der Waals surface area contributed by atoms with Crippen molar-refractivity contribution in [2.24, 2.45) is 5.92 Å². The van der Waals surface area contributed by atoms with Gasteiger partial charge in [-0.05, 0) is 44.0 Å². The molecule has 1 aliphatic heterocycles. The van der Waals surface area contributed by atoms with Crippen molar-refractivity contribution in [3.8, 4) is 11.3 Å². The van der Waals surface area contributed by atoms with Crippen molar-refractivity contribution in [1.82, 2.24) is 14.7 Å². The number of aromatic nitrogens is 2. The summed E-state index contributed by atoms with van der Waals surface area (Å²) < 4.78 is 2.01. The molecule has 6 nitrogen and oxygen atoms in total. The van der Waals surface area contributed by atoms with Crippen molar-refractivity contribution >= 4 is 23.0 Å². The summed E-state index contributed by atoms with van der Waals surface area (Å²) in [6.07, 6.45) is 4.54. The molecule has 2 N–H and O–H groups in total. The maximum atomic E-state index is 12.4. The molecular weight excluding hydrogens is 340 g/mol. The molecule has 2 unspecified atom stereocenters. The molecule has 0 spiro atoms. The highest BCUT2D eigenvalue weighted by Gasteiger charge is 2.31. The van der Waals surface area contributed by atoms with Crippen LogP contribution in [0, 0.1) is 12.8 Å². The van der Waals surface area contributed by atoms with Gasteiger partial charge in [-0.3, -0.25) is 9.59 Å². The lowest BCUT2D eigenvalue weighted by atomic mass is 10.0. The molecule has 3 aromatic rings. The van der Waals surface area contributed by atoms with Gasteiger partial charge in [-0.15, -0.1) is 0 Å². The van der Waals surface area contributed by atoms with Gasteiger partial charge in [0.15, 0.2) is 0 Å². The first-order chi connectivity index (χ1) is 13.0. The lowest BCUT2D eigenvalue weighted by Gasteiger charge is -2.11. The Morgan fingerprint density at radius 2 is 2.00 bits per heavy atom. The molecule has 6 heteroatoms. The Bertz CT molecular complexity index is 1010. The summed E-state index contributed by atoms with van der Waals surface area (Å²) in [7, 11) is 0. The van der Waals surface area contributed by atoms with Crippen LogP contribution in [0.2, 0.25) is 0 Å². The number of aryl methyl sites for hydroxylation is 1. The lowest BCUT2D eigenvalue weighted by Crippen LogP contribution is -2.35. The fourth-order valence-electron chi connectivity index (χ4n) is 3.49. The number of hydrogen-bond donors (Lipinski definition) is 2. The zero-order valence-corrected chi connectivity index (χ0v) is 15.4. The molecule has 1 aromatic carbocycles. The number of hydrogen-bond acceptors (Lipinski definition) is 4. The summed E-state index contributed by atoms with van der Waals surface area (Å²) in [5.74, 6) is -0.0404. The minimum Gasteiger partial charge on any atom is -0.325 e. The minimum absolute atomic E-state index is 0.0679. The van der Waals surface area contributed by atoms with Crippen LogP contribution < -0.4 is 10.6 Å². The van der Waals surface area contributed by atoms with E-state index in [4.69, 9.17) is 4.98 Å². The molecule has 3 heterocycles. The van der Waals surface area contributed by atoms with Gasteiger partial charge >= 0.3 is 0 Å². The number of anilines is 1. The highest BCUT2D eigenvalue weighted by atomic mass is 16.2. The minimum atomic E-state index is -0.319. The maximum absolute atomic E-state index is 12.4. The molecule has 2 atom stereocenters. The molecule has 138 valence electrons.